The third-order valence-electron chi connectivity index (χ3n) is 4.01. The Hall–Kier alpha value is -2.14. The number of hydrogen-bond acceptors (Lipinski definition) is 2. The van der Waals surface area contributed by atoms with Crippen molar-refractivity contribution in [3.05, 3.63) is 59.7 Å². The van der Waals surface area contributed by atoms with Crippen molar-refractivity contribution in [2.75, 3.05) is 7.05 Å². The zero-order valence-electron chi connectivity index (χ0n) is 11.8. The molecule has 4 nitrogen and oxygen atoms in total. The van der Waals surface area contributed by atoms with Crippen LogP contribution in [0.3, 0.4) is 0 Å². The molecule has 2 aromatic rings. The normalized spacial score (nSPS) is 22.0. The number of aromatic nitrogens is 1. The van der Waals surface area contributed by atoms with Crippen molar-refractivity contribution in [3.63, 3.8) is 0 Å². The van der Waals surface area contributed by atoms with E-state index in [-0.39, 0.29) is 23.8 Å². The average Bonchev–Trinajstić information content (AvgIpc) is 3.08. The molecule has 2 atom stereocenters. The molecule has 0 bridgehead atoms. The lowest BCUT2D eigenvalue weighted by molar-refractivity contribution is -0.127. The lowest BCUT2D eigenvalue weighted by Crippen LogP contribution is -2.34. The fourth-order valence-corrected chi connectivity index (χ4v) is 2.89. The lowest BCUT2D eigenvalue weighted by Gasteiger charge is -2.26. The van der Waals surface area contributed by atoms with Crippen LogP contribution in [0, 0.1) is 5.82 Å². The van der Waals surface area contributed by atoms with Crippen LogP contribution in [-0.4, -0.2) is 28.9 Å². The van der Waals surface area contributed by atoms with Gasteiger partial charge >= 0.3 is 0 Å². The van der Waals surface area contributed by atoms with Crippen molar-refractivity contribution in [1.82, 2.24) is 15.2 Å². The van der Waals surface area contributed by atoms with Gasteiger partial charge in [-0.15, -0.1) is 0 Å². The van der Waals surface area contributed by atoms with Gasteiger partial charge in [-0.2, -0.15) is 0 Å². The van der Waals surface area contributed by atoms with Gasteiger partial charge in [0.25, 0.3) is 0 Å². The van der Waals surface area contributed by atoms with E-state index in [1.165, 1.54) is 12.1 Å². The highest BCUT2D eigenvalue weighted by molar-refractivity contribution is 5.80. The summed E-state index contributed by atoms with van der Waals surface area (Å²) >= 11 is 0. The highest BCUT2D eigenvalue weighted by atomic mass is 19.1. The number of likely N-dealkylation sites (tertiary alicyclic amines) is 1. The van der Waals surface area contributed by atoms with Crippen LogP contribution < -0.4 is 5.32 Å². The quantitative estimate of drug-likeness (QED) is 0.906. The summed E-state index contributed by atoms with van der Waals surface area (Å²) in [7, 11) is 1.80. The molecular formula is C16H18FN3O. The predicted octanol–water partition coefficient (Wildman–Crippen LogP) is 2.22. The first kappa shape index (κ1) is 13.8. The topological polar surface area (TPSA) is 48.1 Å². The van der Waals surface area contributed by atoms with Gasteiger partial charge in [0.2, 0.25) is 5.91 Å². The van der Waals surface area contributed by atoms with Crippen molar-refractivity contribution in [1.29, 1.82) is 0 Å². The van der Waals surface area contributed by atoms with Crippen LogP contribution in [0.5, 0.6) is 0 Å². The van der Waals surface area contributed by atoms with Crippen molar-refractivity contribution >= 4 is 5.91 Å². The summed E-state index contributed by atoms with van der Waals surface area (Å²) in [5.41, 5.74) is 2.03. The van der Waals surface area contributed by atoms with Crippen LogP contribution in [0.4, 0.5) is 4.39 Å². The summed E-state index contributed by atoms with van der Waals surface area (Å²) < 4.78 is 13.1. The molecule has 1 saturated heterocycles. The molecule has 2 heterocycles. The molecule has 5 heteroatoms. The molecule has 0 radical (unpaired) electrons. The van der Waals surface area contributed by atoms with Crippen LogP contribution >= 0.6 is 0 Å². The van der Waals surface area contributed by atoms with Crippen molar-refractivity contribution < 1.29 is 9.18 Å². The molecule has 1 aliphatic rings. The minimum atomic E-state index is -0.262. The Morgan fingerprint density at radius 2 is 2.10 bits per heavy atom. The Morgan fingerprint density at radius 1 is 1.33 bits per heavy atom. The second-order valence-electron chi connectivity index (χ2n) is 5.39. The number of amides is 1. The van der Waals surface area contributed by atoms with Gasteiger partial charge in [-0.05, 0) is 29.8 Å². The number of rotatable bonds is 4. The van der Waals surface area contributed by atoms with Gasteiger partial charge in [0.1, 0.15) is 5.82 Å². The Balaban J connectivity index is 1.77. The standard InChI is InChI=1S/C16H18FN3O/c1-20-15(21)9-14(19-10-13-3-2-8-18-13)16(20)11-4-6-12(17)7-5-11/h2-8,14,16,18-19H,9-10H2,1H3/t14-,16-/m0/s1. The van der Waals surface area contributed by atoms with Gasteiger partial charge in [0, 0.05) is 37.9 Å². The number of aromatic amines is 1. The summed E-state index contributed by atoms with van der Waals surface area (Å²) in [5.74, 6) is -0.157. The number of nitrogens with one attached hydrogen (secondary N) is 2. The van der Waals surface area contributed by atoms with E-state index in [0.717, 1.165) is 11.3 Å². The van der Waals surface area contributed by atoms with Gasteiger partial charge in [-0.25, -0.2) is 4.39 Å². The highest BCUT2D eigenvalue weighted by Crippen LogP contribution is 2.32. The summed E-state index contributed by atoms with van der Waals surface area (Å²) in [5, 5.41) is 3.42. The Bertz CT molecular complexity index is 609. The van der Waals surface area contributed by atoms with E-state index in [2.05, 4.69) is 10.3 Å². The van der Waals surface area contributed by atoms with Gasteiger partial charge in [0.05, 0.1) is 6.04 Å². The van der Waals surface area contributed by atoms with Crippen LogP contribution in [0.15, 0.2) is 42.6 Å². The van der Waals surface area contributed by atoms with Crippen LogP contribution in [0.25, 0.3) is 0 Å². The monoisotopic (exact) mass is 287 g/mol. The molecular weight excluding hydrogens is 269 g/mol. The fraction of sp³-hybridized carbons (Fsp3) is 0.312. The Kier molecular flexibility index (Phi) is 3.75. The number of carbonyl (C=O) groups excluding carboxylic acids is 1. The largest absolute Gasteiger partial charge is 0.364 e. The first-order valence-corrected chi connectivity index (χ1v) is 7.02. The fourth-order valence-electron chi connectivity index (χ4n) is 2.89. The number of halogens is 1. The third-order valence-corrected chi connectivity index (χ3v) is 4.01. The summed E-state index contributed by atoms with van der Waals surface area (Å²) in [6.07, 6.45) is 2.33. The van der Waals surface area contributed by atoms with E-state index in [0.29, 0.717) is 13.0 Å². The molecule has 3 rings (SSSR count). The van der Waals surface area contributed by atoms with Crippen molar-refractivity contribution in [2.24, 2.45) is 0 Å². The third kappa shape index (κ3) is 2.83. The van der Waals surface area contributed by atoms with E-state index in [1.54, 1.807) is 24.1 Å². The van der Waals surface area contributed by atoms with Gasteiger partial charge in [0.15, 0.2) is 0 Å². The minimum absolute atomic E-state index is 0.0243. The van der Waals surface area contributed by atoms with Crippen LogP contribution in [0.2, 0.25) is 0 Å². The summed E-state index contributed by atoms with van der Waals surface area (Å²) in [4.78, 5) is 16.9. The van der Waals surface area contributed by atoms with E-state index in [9.17, 15) is 9.18 Å². The maximum Gasteiger partial charge on any atom is 0.224 e. The Morgan fingerprint density at radius 3 is 2.76 bits per heavy atom. The number of benzene rings is 1. The van der Waals surface area contributed by atoms with Crippen molar-refractivity contribution in [2.45, 2.75) is 25.0 Å². The van der Waals surface area contributed by atoms with E-state index < -0.39 is 0 Å². The number of nitrogens with zero attached hydrogens (tertiary/aromatic N) is 1. The molecule has 0 unspecified atom stereocenters. The lowest BCUT2D eigenvalue weighted by atomic mass is 10.00. The first-order valence-electron chi connectivity index (χ1n) is 7.02. The molecule has 1 aromatic carbocycles. The van der Waals surface area contributed by atoms with Gasteiger partial charge < -0.3 is 15.2 Å². The maximum absolute atomic E-state index is 13.1. The highest BCUT2D eigenvalue weighted by Gasteiger charge is 2.38. The molecule has 1 fully saturated rings. The second-order valence-corrected chi connectivity index (χ2v) is 5.39. The zero-order chi connectivity index (χ0) is 14.8. The minimum Gasteiger partial charge on any atom is -0.364 e. The van der Waals surface area contributed by atoms with Gasteiger partial charge in [-0.3, -0.25) is 4.79 Å². The van der Waals surface area contributed by atoms with E-state index in [1.807, 2.05) is 18.3 Å². The van der Waals surface area contributed by atoms with Crippen LogP contribution in [-0.2, 0) is 11.3 Å². The second kappa shape index (κ2) is 5.69. The molecule has 21 heavy (non-hydrogen) atoms. The first-order chi connectivity index (χ1) is 10.1. The molecule has 0 spiro atoms. The summed E-state index contributed by atoms with van der Waals surface area (Å²) in [6, 6.07) is 10.3. The number of carbonyl (C=O) groups is 1. The molecule has 2 N–H and O–H groups in total. The smallest absolute Gasteiger partial charge is 0.224 e. The number of H-pyrrole nitrogens is 1. The molecule has 0 saturated carbocycles. The van der Waals surface area contributed by atoms with Crippen molar-refractivity contribution in [3.8, 4) is 0 Å². The molecule has 1 amide bonds. The average molecular weight is 287 g/mol. The zero-order valence-corrected chi connectivity index (χ0v) is 11.8. The Labute approximate surface area is 123 Å². The van der Waals surface area contributed by atoms with Gasteiger partial charge in [-0.1, -0.05) is 12.1 Å². The van der Waals surface area contributed by atoms with E-state index in [4.69, 9.17) is 0 Å². The number of likely N-dealkylation sites (N-methyl/N-ethyl adjacent to an activating group) is 1. The predicted molar refractivity (Wildman–Crippen MR) is 77.9 cm³/mol. The molecule has 1 aliphatic heterocycles. The van der Waals surface area contributed by atoms with E-state index >= 15 is 0 Å². The number of hydrogen-bond donors (Lipinski definition) is 2. The molecule has 0 aliphatic carbocycles. The summed E-state index contributed by atoms with van der Waals surface area (Å²) in [6.45, 7) is 0.677. The SMILES string of the molecule is CN1C(=O)C[C@H](NCc2ccc[nH]2)[C@@H]1c1ccc(F)cc1. The molecule has 1 aromatic heterocycles. The van der Waals surface area contributed by atoms with Crippen LogP contribution in [0.1, 0.15) is 23.7 Å². The maximum atomic E-state index is 13.1. The molecule has 110 valence electrons.